The van der Waals surface area contributed by atoms with Gasteiger partial charge in [-0.15, -0.1) is 0 Å². The van der Waals surface area contributed by atoms with Crippen LogP contribution in [0.3, 0.4) is 0 Å². The number of nitrogens with zero attached hydrogens (tertiary/aromatic N) is 2. The van der Waals surface area contributed by atoms with Gasteiger partial charge in [0.25, 0.3) is 5.56 Å². The SMILES string of the molecule is COc1cc(-n2ncc(C#Cc3cccc(Cl)c3)cc2=O)ccc1OCC(C)(C)C. The summed E-state index contributed by atoms with van der Waals surface area (Å²) in [5, 5.41) is 4.86. The van der Waals surface area contributed by atoms with Crippen LogP contribution in [0.25, 0.3) is 5.69 Å². The quantitative estimate of drug-likeness (QED) is 0.571. The Morgan fingerprint density at radius 2 is 1.80 bits per heavy atom. The lowest BCUT2D eigenvalue weighted by molar-refractivity contribution is 0.191. The first-order valence-electron chi connectivity index (χ1n) is 9.43. The first-order valence-corrected chi connectivity index (χ1v) is 9.81. The molecule has 0 saturated carbocycles. The summed E-state index contributed by atoms with van der Waals surface area (Å²) in [6, 6.07) is 13.9. The van der Waals surface area contributed by atoms with Crippen molar-refractivity contribution in [2.45, 2.75) is 20.8 Å². The average Bonchev–Trinajstić information content (AvgIpc) is 2.70. The van der Waals surface area contributed by atoms with E-state index in [4.69, 9.17) is 21.1 Å². The summed E-state index contributed by atoms with van der Waals surface area (Å²) < 4.78 is 12.6. The Kier molecular flexibility index (Phi) is 6.49. The van der Waals surface area contributed by atoms with Crippen molar-refractivity contribution in [3.63, 3.8) is 0 Å². The van der Waals surface area contributed by atoms with E-state index in [2.05, 4.69) is 37.7 Å². The normalized spacial score (nSPS) is 10.8. The van der Waals surface area contributed by atoms with Gasteiger partial charge >= 0.3 is 0 Å². The van der Waals surface area contributed by atoms with Gasteiger partial charge in [0.1, 0.15) is 0 Å². The third kappa shape index (κ3) is 5.65. The second-order valence-corrected chi connectivity index (χ2v) is 8.38. The predicted molar refractivity (Wildman–Crippen MR) is 119 cm³/mol. The lowest BCUT2D eigenvalue weighted by Gasteiger charge is -2.20. The molecule has 30 heavy (non-hydrogen) atoms. The van der Waals surface area contributed by atoms with Gasteiger partial charge in [-0.3, -0.25) is 4.79 Å². The van der Waals surface area contributed by atoms with Crippen molar-refractivity contribution in [2.75, 3.05) is 13.7 Å². The number of ether oxygens (including phenoxy) is 2. The van der Waals surface area contributed by atoms with Crippen LogP contribution >= 0.6 is 11.6 Å². The Bertz CT molecular complexity index is 1170. The van der Waals surface area contributed by atoms with Gasteiger partial charge in [0.2, 0.25) is 0 Å². The number of hydrogen-bond donors (Lipinski definition) is 0. The second-order valence-electron chi connectivity index (χ2n) is 7.94. The van der Waals surface area contributed by atoms with Crippen molar-refractivity contribution >= 4 is 11.6 Å². The highest BCUT2D eigenvalue weighted by Crippen LogP contribution is 2.30. The van der Waals surface area contributed by atoms with Crippen LogP contribution in [0, 0.1) is 17.3 Å². The van der Waals surface area contributed by atoms with E-state index in [1.54, 1.807) is 43.6 Å². The first kappa shape index (κ1) is 21.5. The monoisotopic (exact) mass is 422 g/mol. The molecule has 1 aromatic heterocycles. The van der Waals surface area contributed by atoms with Gasteiger partial charge in [-0.1, -0.05) is 50.3 Å². The number of methoxy groups -OCH3 is 1. The molecule has 0 aliphatic rings. The van der Waals surface area contributed by atoms with E-state index in [1.807, 2.05) is 12.1 Å². The summed E-state index contributed by atoms with van der Waals surface area (Å²) in [6.45, 7) is 6.82. The molecule has 0 amide bonds. The third-order valence-electron chi connectivity index (χ3n) is 4.03. The van der Waals surface area contributed by atoms with Crippen LogP contribution in [0.2, 0.25) is 5.02 Å². The summed E-state index contributed by atoms with van der Waals surface area (Å²) >= 11 is 5.97. The maximum absolute atomic E-state index is 12.6. The van der Waals surface area contributed by atoms with E-state index in [1.165, 1.54) is 10.7 Å². The molecule has 3 rings (SSSR count). The number of hydrogen-bond acceptors (Lipinski definition) is 4. The van der Waals surface area contributed by atoms with Crippen molar-refractivity contribution < 1.29 is 9.47 Å². The van der Waals surface area contributed by atoms with E-state index in [-0.39, 0.29) is 11.0 Å². The zero-order chi connectivity index (χ0) is 21.7. The molecule has 0 fully saturated rings. The minimum Gasteiger partial charge on any atom is -0.493 e. The van der Waals surface area contributed by atoms with Gasteiger partial charge in [0, 0.05) is 22.7 Å². The Hall–Kier alpha value is -3.23. The van der Waals surface area contributed by atoms with Crippen LogP contribution in [0.15, 0.2) is 59.5 Å². The Morgan fingerprint density at radius 3 is 2.47 bits per heavy atom. The zero-order valence-electron chi connectivity index (χ0n) is 17.4. The summed E-state index contributed by atoms with van der Waals surface area (Å²) in [5.41, 5.74) is 1.59. The van der Waals surface area contributed by atoms with E-state index >= 15 is 0 Å². The average molecular weight is 423 g/mol. The molecule has 0 radical (unpaired) electrons. The van der Waals surface area contributed by atoms with E-state index in [0.29, 0.717) is 34.4 Å². The molecule has 0 atom stereocenters. The summed E-state index contributed by atoms with van der Waals surface area (Å²) in [5.74, 6) is 7.08. The van der Waals surface area contributed by atoms with E-state index < -0.39 is 0 Å². The highest BCUT2D eigenvalue weighted by atomic mass is 35.5. The molecule has 0 bridgehead atoms. The molecule has 0 unspecified atom stereocenters. The second kappa shape index (κ2) is 9.06. The van der Waals surface area contributed by atoms with Crippen molar-refractivity contribution in [3.05, 3.63) is 81.2 Å². The Morgan fingerprint density at radius 1 is 1.03 bits per heavy atom. The molecular weight excluding hydrogens is 400 g/mol. The smallest absolute Gasteiger partial charge is 0.272 e. The van der Waals surface area contributed by atoms with Crippen LogP contribution in [-0.2, 0) is 0 Å². The molecule has 6 heteroatoms. The van der Waals surface area contributed by atoms with Crippen molar-refractivity contribution in [1.82, 2.24) is 9.78 Å². The zero-order valence-corrected chi connectivity index (χ0v) is 18.2. The number of benzene rings is 2. The van der Waals surface area contributed by atoms with Gasteiger partial charge in [0.05, 0.1) is 31.2 Å². The van der Waals surface area contributed by atoms with Gasteiger partial charge < -0.3 is 9.47 Å². The molecular formula is C24H23ClN2O3. The first-order chi connectivity index (χ1) is 14.2. The summed E-state index contributed by atoms with van der Waals surface area (Å²) in [4.78, 5) is 12.6. The Balaban J connectivity index is 1.85. The van der Waals surface area contributed by atoms with Gasteiger partial charge in [0.15, 0.2) is 11.5 Å². The molecule has 0 aliphatic carbocycles. The maximum Gasteiger partial charge on any atom is 0.272 e. The van der Waals surface area contributed by atoms with Crippen LogP contribution in [0.4, 0.5) is 0 Å². The largest absolute Gasteiger partial charge is 0.493 e. The molecule has 154 valence electrons. The lowest BCUT2D eigenvalue weighted by atomic mass is 9.99. The van der Waals surface area contributed by atoms with E-state index in [0.717, 1.165) is 5.56 Å². The van der Waals surface area contributed by atoms with Crippen LogP contribution in [-0.4, -0.2) is 23.5 Å². The fourth-order valence-electron chi connectivity index (χ4n) is 2.58. The summed E-state index contributed by atoms with van der Waals surface area (Å²) in [6.07, 6.45) is 1.55. The van der Waals surface area contributed by atoms with Crippen molar-refractivity contribution in [1.29, 1.82) is 0 Å². The minimum atomic E-state index is -0.293. The molecule has 0 N–H and O–H groups in total. The maximum atomic E-state index is 12.6. The van der Waals surface area contributed by atoms with Crippen LogP contribution in [0.1, 0.15) is 31.9 Å². The van der Waals surface area contributed by atoms with E-state index in [9.17, 15) is 4.79 Å². The third-order valence-corrected chi connectivity index (χ3v) is 4.26. The highest BCUT2D eigenvalue weighted by molar-refractivity contribution is 6.30. The standard InChI is InChI=1S/C24H23ClN2O3/c1-24(2,3)16-30-21-11-10-20(14-22(21)29-4)27-23(28)13-18(15-26-27)9-8-17-6-5-7-19(25)12-17/h5-7,10-15H,16H2,1-4H3. The highest BCUT2D eigenvalue weighted by Gasteiger charge is 2.14. The molecule has 5 nitrogen and oxygen atoms in total. The molecule has 2 aromatic carbocycles. The Labute approximate surface area is 181 Å². The molecule has 0 saturated heterocycles. The molecule has 0 aliphatic heterocycles. The predicted octanol–water partition coefficient (Wildman–Crippen LogP) is 4.72. The summed E-state index contributed by atoms with van der Waals surface area (Å²) in [7, 11) is 1.56. The molecule has 0 spiro atoms. The fraction of sp³-hybridized carbons (Fsp3) is 0.250. The van der Waals surface area contributed by atoms with Gasteiger partial charge in [-0.2, -0.15) is 9.78 Å². The minimum absolute atomic E-state index is 0.0180. The van der Waals surface area contributed by atoms with Crippen molar-refractivity contribution in [2.24, 2.45) is 5.41 Å². The molecule has 3 aromatic rings. The topological polar surface area (TPSA) is 53.4 Å². The number of aromatic nitrogens is 2. The van der Waals surface area contributed by atoms with Gasteiger partial charge in [-0.25, -0.2) is 0 Å². The lowest BCUT2D eigenvalue weighted by Crippen LogP contribution is -2.20. The van der Waals surface area contributed by atoms with Crippen molar-refractivity contribution in [3.8, 4) is 29.0 Å². The van der Waals surface area contributed by atoms with Crippen LogP contribution < -0.4 is 15.0 Å². The number of halogens is 1. The number of rotatable bonds is 4. The molecule has 1 heterocycles. The van der Waals surface area contributed by atoms with Gasteiger partial charge in [-0.05, 0) is 35.7 Å². The fourth-order valence-corrected chi connectivity index (χ4v) is 2.77. The van der Waals surface area contributed by atoms with Crippen LogP contribution in [0.5, 0.6) is 11.5 Å².